The number of hydrogen-bond acceptors (Lipinski definition) is 5. The summed E-state index contributed by atoms with van der Waals surface area (Å²) >= 11 is 5.91. The Balaban J connectivity index is 1.57. The quantitative estimate of drug-likeness (QED) is 0.433. The van der Waals surface area contributed by atoms with E-state index >= 15 is 0 Å². The number of halogens is 1. The molecule has 0 fully saturated rings. The second-order valence-corrected chi connectivity index (χ2v) is 6.88. The number of aryl methyl sites for hydroxylation is 1. The van der Waals surface area contributed by atoms with Crippen molar-refractivity contribution in [1.82, 2.24) is 5.43 Å². The second-order valence-electron chi connectivity index (χ2n) is 6.44. The minimum absolute atomic E-state index is 0.182. The van der Waals surface area contributed by atoms with Crippen molar-refractivity contribution in [3.05, 3.63) is 82.8 Å². The van der Waals surface area contributed by atoms with Gasteiger partial charge in [0.05, 0.1) is 12.0 Å². The molecule has 1 heterocycles. The fourth-order valence-electron chi connectivity index (χ4n) is 2.58. The molecule has 30 heavy (non-hydrogen) atoms. The predicted molar refractivity (Wildman–Crippen MR) is 115 cm³/mol. The average molecular weight is 426 g/mol. The van der Waals surface area contributed by atoms with Crippen LogP contribution < -0.4 is 15.5 Å². The molecule has 2 amide bonds. The van der Waals surface area contributed by atoms with Crippen LogP contribution in [0.4, 0.5) is 5.69 Å². The molecule has 0 aliphatic heterocycles. The van der Waals surface area contributed by atoms with Gasteiger partial charge in [0.2, 0.25) is 0 Å². The lowest BCUT2D eigenvalue weighted by atomic mass is 10.1. The third-order valence-electron chi connectivity index (χ3n) is 4.13. The molecule has 8 heteroatoms. The van der Waals surface area contributed by atoms with E-state index in [9.17, 15) is 9.59 Å². The van der Waals surface area contributed by atoms with Crippen LogP contribution in [0.25, 0.3) is 0 Å². The van der Waals surface area contributed by atoms with Crippen LogP contribution in [0.2, 0.25) is 5.02 Å². The number of rotatable bonds is 7. The molecule has 154 valence electrons. The van der Waals surface area contributed by atoms with E-state index in [-0.39, 0.29) is 18.3 Å². The zero-order chi connectivity index (χ0) is 21.5. The summed E-state index contributed by atoms with van der Waals surface area (Å²) in [5.41, 5.74) is 5.18. The molecular weight excluding hydrogens is 406 g/mol. The maximum atomic E-state index is 12.1. The van der Waals surface area contributed by atoms with Gasteiger partial charge in [-0.1, -0.05) is 23.7 Å². The third-order valence-corrected chi connectivity index (χ3v) is 4.36. The van der Waals surface area contributed by atoms with Crippen molar-refractivity contribution in [2.45, 2.75) is 13.8 Å². The van der Waals surface area contributed by atoms with E-state index in [0.29, 0.717) is 22.2 Å². The summed E-state index contributed by atoms with van der Waals surface area (Å²) in [7, 11) is 0. The standard InChI is InChI=1S/C22H20ClN3O4/c1-14-11-17(23)8-9-19(14)30-13-21(27)26-25-15(2)16-5-3-6-18(12-16)24-22(28)20-7-4-10-29-20/h3-12H,13H2,1-2H3,(H,24,28)(H,26,27)/b25-15+. The minimum atomic E-state index is -0.397. The molecule has 0 atom stereocenters. The maximum Gasteiger partial charge on any atom is 0.291 e. The van der Waals surface area contributed by atoms with Crippen LogP contribution in [0.1, 0.15) is 28.6 Å². The molecule has 7 nitrogen and oxygen atoms in total. The first-order valence-electron chi connectivity index (χ1n) is 9.10. The predicted octanol–water partition coefficient (Wildman–Crippen LogP) is 4.41. The average Bonchev–Trinajstić information content (AvgIpc) is 3.26. The fraction of sp³-hybridized carbons (Fsp3) is 0.136. The Morgan fingerprint density at radius 2 is 1.97 bits per heavy atom. The number of hydrazone groups is 1. The Hall–Kier alpha value is -3.58. The number of anilines is 1. The molecule has 3 aromatic rings. The van der Waals surface area contributed by atoms with Crippen molar-refractivity contribution in [2.24, 2.45) is 5.10 Å². The Labute approximate surface area is 178 Å². The molecule has 0 bridgehead atoms. The number of benzene rings is 2. The Kier molecular flexibility index (Phi) is 6.87. The number of hydrogen-bond donors (Lipinski definition) is 2. The monoisotopic (exact) mass is 425 g/mol. The minimum Gasteiger partial charge on any atom is -0.483 e. The van der Waals surface area contributed by atoms with E-state index in [2.05, 4.69) is 15.8 Å². The van der Waals surface area contributed by atoms with Crippen LogP contribution in [0.3, 0.4) is 0 Å². The topological polar surface area (TPSA) is 92.9 Å². The van der Waals surface area contributed by atoms with E-state index in [4.69, 9.17) is 20.8 Å². The summed E-state index contributed by atoms with van der Waals surface area (Å²) in [6.07, 6.45) is 1.43. The van der Waals surface area contributed by atoms with Crippen molar-refractivity contribution >= 4 is 34.8 Å². The highest BCUT2D eigenvalue weighted by molar-refractivity contribution is 6.30. The number of ether oxygens (including phenoxy) is 1. The SMILES string of the molecule is C/C(=N\NC(=O)COc1ccc(Cl)cc1C)c1cccc(NC(=O)c2ccco2)c1. The number of nitrogens with one attached hydrogen (secondary N) is 2. The smallest absolute Gasteiger partial charge is 0.291 e. The molecular formula is C22H20ClN3O4. The van der Waals surface area contributed by atoms with E-state index in [1.54, 1.807) is 55.5 Å². The number of carbonyl (C=O) groups excluding carboxylic acids is 2. The van der Waals surface area contributed by atoms with Gasteiger partial charge in [0, 0.05) is 10.7 Å². The lowest BCUT2D eigenvalue weighted by Crippen LogP contribution is -2.25. The highest BCUT2D eigenvalue weighted by Crippen LogP contribution is 2.21. The Morgan fingerprint density at radius 3 is 2.70 bits per heavy atom. The van der Waals surface area contributed by atoms with Gasteiger partial charge in [-0.2, -0.15) is 5.10 Å². The summed E-state index contributed by atoms with van der Waals surface area (Å²) in [5.74, 6) is 0.0462. The molecule has 0 unspecified atom stereocenters. The van der Waals surface area contributed by atoms with E-state index < -0.39 is 5.91 Å². The number of amides is 2. The fourth-order valence-corrected chi connectivity index (χ4v) is 2.81. The lowest BCUT2D eigenvalue weighted by Gasteiger charge is -2.09. The molecule has 0 aliphatic rings. The number of nitrogens with zero attached hydrogens (tertiary/aromatic N) is 1. The zero-order valence-electron chi connectivity index (χ0n) is 16.4. The zero-order valence-corrected chi connectivity index (χ0v) is 17.2. The Bertz CT molecular complexity index is 1080. The van der Waals surface area contributed by atoms with Gasteiger partial charge < -0.3 is 14.5 Å². The van der Waals surface area contributed by atoms with Gasteiger partial charge in [0.1, 0.15) is 5.75 Å². The maximum absolute atomic E-state index is 12.1. The third kappa shape index (κ3) is 5.71. The summed E-state index contributed by atoms with van der Waals surface area (Å²) in [6.45, 7) is 3.41. The highest BCUT2D eigenvalue weighted by Gasteiger charge is 2.10. The van der Waals surface area contributed by atoms with E-state index in [1.807, 2.05) is 13.0 Å². The molecule has 2 aromatic carbocycles. The van der Waals surface area contributed by atoms with Gasteiger partial charge in [-0.3, -0.25) is 9.59 Å². The van der Waals surface area contributed by atoms with Gasteiger partial charge >= 0.3 is 0 Å². The first-order valence-corrected chi connectivity index (χ1v) is 9.47. The van der Waals surface area contributed by atoms with E-state index in [0.717, 1.165) is 11.1 Å². The van der Waals surface area contributed by atoms with Crippen LogP contribution in [-0.2, 0) is 4.79 Å². The van der Waals surface area contributed by atoms with E-state index in [1.165, 1.54) is 6.26 Å². The van der Waals surface area contributed by atoms with Crippen molar-refractivity contribution < 1.29 is 18.7 Å². The Morgan fingerprint density at radius 1 is 1.13 bits per heavy atom. The molecule has 0 saturated heterocycles. The van der Waals surface area contributed by atoms with Crippen LogP contribution in [-0.4, -0.2) is 24.1 Å². The molecule has 3 rings (SSSR count). The van der Waals surface area contributed by atoms with Crippen molar-refractivity contribution in [3.63, 3.8) is 0 Å². The van der Waals surface area contributed by atoms with Crippen LogP contribution in [0, 0.1) is 6.92 Å². The van der Waals surface area contributed by atoms with Gasteiger partial charge in [0.15, 0.2) is 12.4 Å². The normalized spacial score (nSPS) is 11.1. The highest BCUT2D eigenvalue weighted by atomic mass is 35.5. The largest absolute Gasteiger partial charge is 0.483 e. The second kappa shape index (κ2) is 9.76. The van der Waals surface area contributed by atoms with Crippen molar-refractivity contribution in [3.8, 4) is 5.75 Å². The van der Waals surface area contributed by atoms with Crippen molar-refractivity contribution in [1.29, 1.82) is 0 Å². The summed E-state index contributed by atoms with van der Waals surface area (Å²) in [5, 5.41) is 7.45. The number of furan rings is 1. The van der Waals surface area contributed by atoms with Crippen LogP contribution in [0.5, 0.6) is 5.75 Å². The molecule has 0 aliphatic carbocycles. The first kappa shape index (κ1) is 21.1. The van der Waals surface area contributed by atoms with Crippen LogP contribution in [0.15, 0.2) is 70.4 Å². The molecule has 2 N–H and O–H groups in total. The number of carbonyl (C=O) groups is 2. The summed E-state index contributed by atoms with van der Waals surface area (Å²) in [4.78, 5) is 24.1. The summed E-state index contributed by atoms with van der Waals surface area (Å²) in [6, 6.07) is 15.5. The van der Waals surface area contributed by atoms with Gasteiger partial charge in [-0.05, 0) is 67.4 Å². The first-order chi connectivity index (χ1) is 14.4. The molecule has 0 saturated carbocycles. The molecule has 0 radical (unpaired) electrons. The molecule has 1 aromatic heterocycles. The van der Waals surface area contributed by atoms with Gasteiger partial charge in [0.25, 0.3) is 11.8 Å². The lowest BCUT2D eigenvalue weighted by molar-refractivity contribution is -0.123. The van der Waals surface area contributed by atoms with Gasteiger partial charge in [-0.25, -0.2) is 5.43 Å². The van der Waals surface area contributed by atoms with Gasteiger partial charge in [-0.15, -0.1) is 0 Å². The summed E-state index contributed by atoms with van der Waals surface area (Å²) < 4.78 is 10.6. The molecule has 0 spiro atoms. The van der Waals surface area contributed by atoms with Crippen LogP contribution >= 0.6 is 11.6 Å². The van der Waals surface area contributed by atoms with Crippen molar-refractivity contribution in [2.75, 3.05) is 11.9 Å².